The lowest BCUT2D eigenvalue weighted by molar-refractivity contribution is -0.119. The summed E-state index contributed by atoms with van der Waals surface area (Å²) < 4.78 is 0. The van der Waals surface area contributed by atoms with Crippen LogP contribution in [0.2, 0.25) is 0 Å². The Morgan fingerprint density at radius 1 is 1.26 bits per heavy atom. The van der Waals surface area contributed by atoms with Crippen molar-refractivity contribution in [2.75, 3.05) is 26.2 Å². The van der Waals surface area contributed by atoms with Gasteiger partial charge in [-0.1, -0.05) is 13.3 Å². The van der Waals surface area contributed by atoms with Gasteiger partial charge in [0.05, 0.1) is 6.54 Å². The first kappa shape index (κ1) is 20.5. The second-order valence-corrected chi connectivity index (χ2v) is 6.52. The molecular weight excluding hydrogens is 405 g/mol. The lowest BCUT2D eigenvalue weighted by Crippen LogP contribution is -2.50. The standard InChI is InChI=1S/C16H31N5O.HI/c1-3-5-12-10-14(12)20-16(18-4-2)19-13-6-8-21(9-7-13)11-15(17)22;/h12-14H,3-11H2,1-2H3,(H2,17,22)(H2,18,19,20);1H. The van der Waals surface area contributed by atoms with E-state index < -0.39 is 0 Å². The lowest BCUT2D eigenvalue weighted by atomic mass is 10.1. The Morgan fingerprint density at radius 2 is 1.96 bits per heavy atom. The number of nitrogens with zero attached hydrogens (tertiary/aromatic N) is 2. The van der Waals surface area contributed by atoms with Gasteiger partial charge in [-0.25, -0.2) is 0 Å². The quantitative estimate of drug-likeness (QED) is 0.319. The normalized spacial score (nSPS) is 25.6. The molecule has 2 fully saturated rings. The summed E-state index contributed by atoms with van der Waals surface area (Å²) >= 11 is 0. The number of guanidine groups is 1. The first-order chi connectivity index (χ1) is 10.6. The van der Waals surface area contributed by atoms with Gasteiger partial charge in [0.25, 0.3) is 0 Å². The average molecular weight is 437 g/mol. The highest BCUT2D eigenvalue weighted by Crippen LogP contribution is 2.34. The fourth-order valence-electron chi connectivity index (χ4n) is 3.23. The van der Waals surface area contributed by atoms with E-state index in [9.17, 15) is 4.79 Å². The van der Waals surface area contributed by atoms with Crippen molar-refractivity contribution in [3.05, 3.63) is 0 Å². The maximum Gasteiger partial charge on any atom is 0.231 e. The van der Waals surface area contributed by atoms with Gasteiger partial charge in [0.2, 0.25) is 5.91 Å². The fourth-order valence-corrected chi connectivity index (χ4v) is 3.23. The number of rotatable bonds is 7. The van der Waals surface area contributed by atoms with Crippen LogP contribution in [0.4, 0.5) is 0 Å². The Morgan fingerprint density at radius 3 is 2.52 bits per heavy atom. The topological polar surface area (TPSA) is 82.8 Å². The smallest absolute Gasteiger partial charge is 0.231 e. The molecule has 0 aromatic carbocycles. The summed E-state index contributed by atoms with van der Waals surface area (Å²) in [6.45, 7) is 7.32. The fraction of sp³-hybridized carbons (Fsp3) is 0.875. The third-order valence-corrected chi connectivity index (χ3v) is 4.53. The van der Waals surface area contributed by atoms with E-state index in [4.69, 9.17) is 5.73 Å². The molecule has 0 spiro atoms. The molecule has 0 radical (unpaired) electrons. The van der Waals surface area contributed by atoms with Gasteiger partial charge in [0.15, 0.2) is 5.96 Å². The summed E-state index contributed by atoms with van der Waals surface area (Å²) in [6.07, 6.45) is 5.90. The van der Waals surface area contributed by atoms with Gasteiger partial charge in [-0.2, -0.15) is 0 Å². The molecule has 2 aliphatic rings. The SMILES string of the molecule is CCCC1CC1NC(=NCC)NC1CCN(CC(N)=O)CC1.I. The van der Waals surface area contributed by atoms with Crippen molar-refractivity contribution in [1.29, 1.82) is 0 Å². The molecule has 2 unspecified atom stereocenters. The van der Waals surface area contributed by atoms with Crippen LogP contribution in [-0.4, -0.2) is 55.0 Å². The van der Waals surface area contributed by atoms with Gasteiger partial charge in [-0.3, -0.25) is 14.7 Å². The van der Waals surface area contributed by atoms with Crippen molar-refractivity contribution in [3.63, 3.8) is 0 Å². The molecule has 4 N–H and O–H groups in total. The predicted octanol–water partition coefficient (Wildman–Crippen LogP) is 1.30. The lowest BCUT2D eigenvalue weighted by Gasteiger charge is -2.32. The number of piperidine rings is 1. The van der Waals surface area contributed by atoms with Crippen LogP contribution < -0.4 is 16.4 Å². The van der Waals surface area contributed by atoms with E-state index in [1.165, 1.54) is 19.3 Å². The van der Waals surface area contributed by atoms with Crippen LogP contribution >= 0.6 is 24.0 Å². The Bertz CT molecular complexity index is 396. The Balaban J connectivity index is 0.00000264. The minimum absolute atomic E-state index is 0. The molecule has 134 valence electrons. The maximum absolute atomic E-state index is 11.0. The zero-order chi connectivity index (χ0) is 15.9. The molecule has 2 atom stereocenters. The number of aliphatic imine (C=N–C) groups is 1. The van der Waals surface area contributed by atoms with Crippen LogP contribution in [0.15, 0.2) is 4.99 Å². The molecule has 1 aliphatic carbocycles. The largest absolute Gasteiger partial charge is 0.369 e. The van der Waals surface area contributed by atoms with Crippen molar-refractivity contribution in [3.8, 4) is 0 Å². The van der Waals surface area contributed by atoms with Gasteiger partial charge in [-0.15, -0.1) is 24.0 Å². The van der Waals surface area contributed by atoms with Crippen molar-refractivity contribution < 1.29 is 4.79 Å². The number of carbonyl (C=O) groups is 1. The van der Waals surface area contributed by atoms with Crippen molar-refractivity contribution in [2.24, 2.45) is 16.6 Å². The highest BCUT2D eigenvalue weighted by atomic mass is 127. The van der Waals surface area contributed by atoms with Gasteiger partial charge >= 0.3 is 0 Å². The summed E-state index contributed by atoms with van der Waals surface area (Å²) in [5, 5.41) is 7.13. The first-order valence-corrected chi connectivity index (χ1v) is 8.70. The van der Waals surface area contributed by atoms with Crippen molar-refractivity contribution in [2.45, 2.75) is 58.0 Å². The number of nitrogens with two attached hydrogens (primary N) is 1. The molecule has 1 heterocycles. The van der Waals surface area contributed by atoms with Crippen LogP contribution in [0.25, 0.3) is 0 Å². The molecule has 1 aliphatic heterocycles. The zero-order valence-electron chi connectivity index (χ0n) is 14.4. The van der Waals surface area contributed by atoms with Gasteiger partial charge < -0.3 is 16.4 Å². The Labute approximate surface area is 157 Å². The molecule has 6 nitrogen and oxygen atoms in total. The highest BCUT2D eigenvalue weighted by molar-refractivity contribution is 14.0. The summed E-state index contributed by atoms with van der Waals surface area (Å²) in [5.41, 5.74) is 5.25. The summed E-state index contributed by atoms with van der Waals surface area (Å²) in [5.74, 6) is 1.54. The van der Waals surface area contributed by atoms with Crippen LogP contribution in [0.1, 0.15) is 46.0 Å². The second-order valence-electron chi connectivity index (χ2n) is 6.52. The molecule has 1 saturated heterocycles. The predicted molar refractivity (Wildman–Crippen MR) is 105 cm³/mol. The third kappa shape index (κ3) is 7.24. The van der Waals surface area contributed by atoms with E-state index in [0.29, 0.717) is 18.6 Å². The van der Waals surface area contributed by atoms with Crippen molar-refractivity contribution >= 4 is 35.8 Å². The van der Waals surface area contributed by atoms with E-state index in [1.54, 1.807) is 0 Å². The molecule has 7 heteroatoms. The molecule has 2 rings (SSSR count). The van der Waals surface area contributed by atoms with Crippen LogP contribution in [0.3, 0.4) is 0 Å². The van der Waals surface area contributed by atoms with Gasteiger partial charge in [0.1, 0.15) is 0 Å². The van der Waals surface area contributed by atoms with Crippen LogP contribution in [0.5, 0.6) is 0 Å². The number of hydrogen-bond acceptors (Lipinski definition) is 3. The zero-order valence-corrected chi connectivity index (χ0v) is 16.7. The third-order valence-electron chi connectivity index (χ3n) is 4.53. The number of amides is 1. The monoisotopic (exact) mass is 437 g/mol. The molecule has 0 aromatic heterocycles. The van der Waals surface area contributed by atoms with E-state index in [-0.39, 0.29) is 29.9 Å². The van der Waals surface area contributed by atoms with E-state index in [0.717, 1.165) is 44.4 Å². The first-order valence-electron chi connectivity index (χ1n) is 8.70. The molecular formula is C16H32IN5O. The summed E-state index contributed by atoms with van der Waals surface area (Å²) in [6, 6.07) is 1.04. The average Bonchev–Trinajstić information content (AvgIpc) is 3.19. The second kappa shape index (κ2) is 10.3. The van der Waals surface area contributed by atoms with Crippen LogP contribution in [-0.2, 0) is 4.79 Å². The summed E-state index contributed by atoms with van der Waals surface area (Å²) in [7, 11) is 0. The van der Waals surface area contributed by atoms with Crippen LogP contribution in [0, 0.1) is 5.92 Å². The van der Waals surface area contributed by atoms with E-state index >= 15 is 0 Å². The van der Waals surface area contributed by atoms with Gasteiger partial charge in [-0.05, 0) is 38.5 Å². The Hall–Kier alpha value is -0.570. The molecule has 1 amide bonds. The minimum atomic E-state index is -0.239. The molecule has 0 bridgehead atoms. The molecule has 0 aromatic rings. The van der Waals surface area contributed by atoms with Gasteiger partial charge in [0, 0.05) is 31.7 Å². The Kier molecular flexibility index (Phi) is 9.19. The molecule has 1 saturated carbocycles. The number of nitrogens with one attached hydrogen (secondary N) is 2. The minimum Gasteiger partial charge on any atom is -0.369 e. The maximum atomic E-state index is 11.0. The number of hydrogen-bond donors (Lipinski definition) is 3. The summed E-state index contributed by atoms with van der Waals surface area (Å²) in [4.78, 5) is 17.7. The number of halogens is 1. The number of primary amides is 1. The number of likely N-dealkylation sites (tertiary alicyclic amines) is 1. The van der Waals surface area contributed by atoms with Crippen molar-refractivity contribution in [1.82, 2.24) is 15.5 Å². The van der Waals surface area contributed by atoms with E-state index in [1.807, 2.05) is 0 Å². The highest BCUT2D eigenvalue weighted by Gasteiger charge is 2.36. The number of carbonyl (C=O) groups excluding carboxylic acids is 1. The molecule has 23 heavy (non-hydrogen) atoms. The van der Waals surface area contributed by atoms with E-state index in [2.05, 4.69) is 34.4 Å².